The van der Waals surface area contributed by atoms with E-state index < -0.39 is 0 Å². The zero-order valence-corrected chi connectivity index (χ0v) is 20.4. The molecule has 1 N–H and O–H groups in total. The minimum Gasteiger partial charge on any atom is -0.375 e. The Balaban J connectivity index is 1.31. The smallest absolute Gasteiger partial charge is 0.263 e. The van der Waals surface area contributed by atoms with Gasteiger partial charge in [0.2, 0.25) is 5.91 Å². The maximum absolute atomic E-state index is 13.0. The summed E-state index contributed by atoms with van der Waals surface area (Å²) in [5, 5.41) is 8.15. The maximum Gasteiger partial charge on any atom is 0.263 e. The second kappa shape index (κ2) is 10.3. The van der Waals surface area contributed by atoms with Crippen LogP contribution in [0.5, 0.6) is 0 Å². The molecule has 3 heterocycles. The predicted octanol–water partition coefficient (Wildman–Crippen LogP) is 4.46. The average molecular weight is 485 g/mol. The third-order valence-electron chi connectivity index (χ3n) is 5.08. The number of aromatic nitrogens is 2. The van der Waals surface area contributed by atoms with Gasteiger partial charge in [-0.25, -0.2) is 4.98 Å². The number of nitrogens with zero attached hydrogens (tertiary/aromatic N) is 3. The molecule has 0 spiro atoms. The summed E-state index contributed by atoms with van der Waals surface area (Å²) < 4.78 is 1.54. The number of rotatable bonds is 9. The van der Waals surface area contributed by atoms with E-state index in [1.807, 2.05) is 48.1 Å². The van der Waals surface area contributed by atoms with E-state index in [1.54, 1.807) is 23.0 Å². The number of thioether (sulfide) groups is 1. The number of amides is 1. The second-order valence-electron chi connectivity index (χ2n) is 7.31. The average Bonchev–Trinajstić information content (AvgIpc) is 3.48. The van der Waals surface area contributed by atoms with Gasteiger partial charge < -0.3 is 10.2 Å². The van der Waals surface area contributed by atoms with E-state index in [0.29, 0.717) is 21.9 Å². The molecule has 6 nitrogen and oxygen atoms in total. The van der Waals surface area contributed by atoms with Crippen LogP contribution in [0.15, 0.2) is 63.2 Å². The maximum atomic E-state index is 13.0. The van der Waals surface area contributed by atoms with Gasteiger partial charge >= 0.3 is 0 Å². The van der Waals surface area contributed by atoms with Crippen LogP contribution in [0.3, 0.4) is 0 Å². The molecule has 9 heteroatoms. The molecule has 1 aromatic carbocycles. The highest BCUT2D eigenvalue weighted by Gasteiger charge is 2.17. The summed E-state index contributed by atoms with van der Waals surface area (Å²) in [6, 6.07) is 14.2. The number of hydrogen-bond donors (Lipinski definition) is 1. The summed E-state index contributed by atoms with van der Waals surface area (Å²) in [6.07, 6.45) is 0.852. The van der Waals surface area contributed by atoms with Crippen LogP contribution in [0.2, 0.25) is 0 Å². The molecule has 0 saturated carbocycles. The standard InChI is InChI=1S/C23H24N4O2S3/c1-26(16-8-4-3-5-9-16)12-7-11-24-19(28)15-32-23-25-21-20(22(29)27(23)2)17(14-31-21)18-10-6-13-30-18/h3-6,8-10,13-14H,7,11-12,15H2,1-2H3,(H,24,28). The molecule has 0 saturated heterocycles. The van der Waals surface area contributed by atoms with Gasteiger partial charge in [-0.3, -0.25) is 14.2 Å². The van der Waals surface area contributed by atoms with Crippen molar-refractivity contribution in [1.82, 2.24) is 14.9 Å². The molecule has 1 amide bonds. The van der Waals surface area contributed by atoms with Crippen LogP contribution in [0.25, 0.3) is 20.7 Å². The molecular weight excluding hydrogens is 460 g/mol. The van der Waals surface area contributed by atoms with Crippen LogP contribution in [0, 0.1) is 0 Å². The number of anilines is 1. The summed E-state index contributed by atoms with van der Waals surface area (Å²) in [6.45, 7) is 1.46. The summed E-state index contributed by atoms with van der Waals surface area (Å²) in [5.74, 6) is 0.167. The zero-order valence-electron chi connectivity index (χ0n) is 17.9. The number of hydrogen-bond acceptors (Lipinski definition) is 7. The number of carbonyl (C=O) groups excluding carboxylic acids is 1. The first kappa shape index (κ1) is 22.6. The fourth-order valence-corrected chi connectivity index (χ4v) is 5.94. The van der Waals surface area contributed by atoms with Crippen LogP contribution in [0.1, 0.15) is 6.42 Å². The van der Waals surface area contributed by atoms with Crippen molar-refractivity contribution in [3.8, 4) is 10.4 Å². The highest BCUT2D eigenvalue weighted by molar-refractivity contribution is 7.99. The Labute approximate surface area is 198 Å². The lowest BCUT2D eigenvalue weighted by Crippen LogP contribution is -2.29. The Morgan fingerprint density at radius 1 is 1.19 bits per heavy atom. The number of nitrogens with one attached hydrogen (secondary N) is 1. The Morgan fingerprint density at radius 2 is 2.00 bits per heavy atom. The Bertz CT molecular complexity index is 1250. The lowest BCUT2D eigenvalue weighted by atomic mass is 10.2. The molecule has 0 aliphatic rings. The minimum absolute atomic E-state index is 0.0582. The van der Waals surface area contributed by atoms with Gasteiger partial charge in [0.1, 0.15) is 4.83 Å². The topological polar surface area (TPSA) is 67.2 Å². The zero-order chi connectivity index (χ0) is 22.5. The number of para-hydroxylation sites is 1. The van der Waals surface area contributed by atoms with Crippen molar-refractivity contribution in [3.05, 3.63) is 63.6 Å². The van der Waals surface area contributed by atoms with Crippen LogP contribution >= 0.6 is 34.4 Å². The van der Waals surface area contributed by atoms with Gasteiger partial charge in [0.25, 0.3) is 5.56 Å². The van der Waals surface area contributed by atoms with Crippen molar-refractivity contribution in [2.24, 2.45) is 7.05 Å². The normalized spacial score (nSPS) is 11.1. The first-order valence-electron chi connectivity index (χ1n) is 10.2. The van der Waals surface area contributed by atoms with E-state index in [2.05, 4.69) is 27.3 Å². The van der Waals surface area contributed by atoms with Gasteiger partial charge in [0.05, 0.1) is 11.1 Å². The largest absolute Gasteiger partial charge is 0.375 e. The first-order chi connectivity index (χ1) is 15.5. The Kier molecular flexibility index (Phi) is 7.29. The fraction of sp³-hybridized carbons (Fsp3) is 0.261. The third kappa shape index (κ3) is 5.06. The molecule has 0 aliphatic heterocycles. The van der Waals surface area contributed by atoms with Gasteiger partial charge in [-0.1, -0.05) is 36.0 Å². The Morgan fingerprint density at radius 3 is 2.75 bits per heavy atom. The van der Waals surface area contributed by atoms with E-state index in [0.717, 1.165) is 29.1 Å². The second-order valence-corrected chi connectivity index (χ2v) is 10.1. The molecule has 166 valence electrons. The number of benzene rings is 1. The van der Waals surface area contributed by atoms with Crippen molar-refractivity contribution in [2.45, 2.75) is 11.6 Å². The minimum atomic E-state index is -0.0773. The van der Waals surface area contributed by atoms with E-state index in [1.165, 1.54) is 23.1 Å². The van der Waals surface area contributed by atoms with Crippen LogP contribution in [0.4, 0.5) is 5.69 Å². The SMILES string of the molecule is CN(CCCNC(=O)CSc1nc2scc(-c3cccs3)c2c(=O)n1C)c1ccccc1. The number of carbonyl (C=O) groups is 1. The molecule has 0 fully saturated rings. The lowest BCUT2D eigenvalue weighted by Gasteiger charge is -2.19. The van der Waals surface area contributed by atoms with Crippen molar-refractivity contribution in [2.75, 3.05) is 30.8 Å². The molecule has 4 aromatic rings. The lowest BCUT2D eigenvalue weighted by molar-refractivity contribution is -0.118. The summed E-state index contributed by atoms with van der Waals surface area (Å²) >= 11 is 4.36. The molecular formula is C23H24N4O2S3. The highest BCUT2D eigenvalue weighted by Crippen LogP contribution is 2.34. The van der Waals surface area contributed by atoms with Crippen molar-refractivity contribution < 1.29 is 4.79 Å². The van der Waals surface area contributed by atoms with E-state index in [-0.39, 0.29) is 17.2 Å². The number of thiophene rings is 2. The molecule has 0 unspecified atom stereocenters. The summed E-state index contributed by atoms with van der Waals surface area (Å²) in [4.78, 5) is 33.9. The first-order valence-corrected chi connectivity index (χ1v) is 13.0. The Hall–Kier alpha value is -2.62. The molecule has 0 aliphatic carbocycles. The molecule has 4 rings (SSSR count). The fourth-order valence-electron chi connectivity index (χ4n) is 3.33. The summed E-state index contributed by atoms with van der Waals surface area (Å²) in [7, 11) is 3.76. The van der Waals surface area contributed by atoms with E-state index >= 15 is 0 Å². The van der Waals surface area contributed by atoms with Crippen molar-refractivity contribution in [1.29, 1.82) is 0 Å². The monoisotopic (exact) mass is 484 g/mol. The van der Waals surface area contributed by atoms with Crippen molar-refractivity contribution in [3.63, 3.8) is 0 Å². The molecule has 0 radical (unpaired) electrons. The van der Waals surface area contributed by atoms with E-state index in [4.69, 9.17) is 0 Å². The molecule has 0 atom stereocenters. The van der Waals surface area contributed by atoms with E-state index in [9.17, 15) is 9.59 Å². The highest BCUT2D eigenvalue weighted by atomic mass is 32.2. The van der Waals surface area contributed by atoms with Crippen LogP contribution in [-0.4, -0.2) is 41.3 Å². The predicted molar refractivity (Wildman–Crippen MR) is 136 cm³/mol. The number of fused-ring (bicyclic) bond motifs is 1. The van der Waals surface area contributed by atoms with Gasteiger partial charge in [-0.15, -0.1) is 22.7 Å². The molecule has 3 aromatic heterocycles. The van der Waals surface area contributed by atoms with Crippen LogP contribution < -0.4 is 15.8 Å². The van der Waals surface area contributed by atoms with Gasteiger partial charge in [-0.05, 0) is 30.0 Å². The molecule has 32 heavy (non-hydrogen) atoms. The summed E-state index contributed by atoms with van der Waals surface area (Å²) in [5.41, 5.74) is 2.02. The van der Waals surface area contributed by atoms with Crippen molar-refractivity contribution >= 4 is 56.2 Å². The molecule has 0 bridgehead atoms. The third-order valence-corrected chi connectivity index (χ3v) is 7.89. The van der Waals surface area contributed by atoms with Gasteiger partial charge in [0, 0.05) is 48.7 Å². The van der Waals surface area contributed by atoms with Gasteiger partial charge in [0.15, 0.2) is 5.16 Å². The van der Waals surface area contributed by atoms with Gasteiger partial charge in [-0.2, -0.15) is 0 Å². The quantitative estimate of drug-likeness (QED) is 0.216. The van der Waals surface area contributed by atoms with Crippen LogP contribution in [-0.2, 0) is 11.8 Å².